The molecule has 0 aliphatic carbocycles. The third kappa shape index (κ3) is 2.31. The van der Waals surface area contributed by atoms with Crippen LogP contribution in [0.1, 0.15) is 17.2 Å². The zero-order valence-corrected chi connectivity index (χ0v) is 12.0. The van der Waals surface area contributed by atoms with Crippen molar-refractivity contribution in [2.24, 2.45) is 5.84 Å². The number of rotatable bonds is 3. The fourth-order valence-corrected chi connectivity index (χ4v) is 3.45. The molecule has 0 saturated carbocycles. The molecule has 2 aromatic carbocycles. The lowest BCUT2D eigenvalue weighted by Crippen LogP contribution is -2.29. The Kier molecular flexibility index (Phi) is 3.72. The smallest absolute Gasteiger partial charge is 0.129 e. The Morgan fingerprint density at radius 3 is 2.70 bits per heavy atom. The molecular weight excluding hydrogens is 295 g/mol. The molecule has 0 amide bonds. The lowest BCUT2D eigenvalue weighted by molar-refractivity contribution is 0.562. The van der Waals surface area contributed by atoms with Crippen molar-refractivity contribution in [3.05, 3.63) is 69.8 Å². The van der Waals surface area contributed by atoms with Crippen LogP contribution in [0.2, 0.25) is 5.02 Å². The van der Waals surface area contributed by atoms with E-state index in [0.29, 0.717) is 10.6 Å². The second-order valence-electron chi connectivity index (χ2n) is 4.45. The molecule has 1 aromatic heterocycles. The van der Waals surface area contributed by atoms with E-state index in [2.05, 4.69) is 5.43 Å². The molecule has 0 radical (unpaired) electrons. The van der Waals surface area contributed by atoms with Crippen molar-refractivity contribution in [1.82, 2.24) is 5.43 Å². The highest BCUT2D eigenvalue weighted by molar-refractivity contribution is 7.17. The zero-order valence-electron chi connectivity index (χ0n) is 10.4. The summed E-state index contributed by atoms with van der Waals surface area (Å²) in [5, 5.41) is 3.45. The van der Waals surface area contributed by atoms with Gasteiger partial charge in [0, 0.05) is 15.3 Å². The van der Waals surface area contributed by atoms with Crippen molar-refractivity contribution >= 4 is 33.0 Å². The number of hydrogen-bond acceptors (Lipinski definition) is 3. The van der Waals surface area contributed by atoms with Crippen LogP contribution in [0.3, 0.4) is 0 Å². The van der Waals surface area contributed by atoms with E-state index in [-0.39, 0.29) is 5.82 Å². The second kappa shape index (κ2) is 5.50. The Morgan fingerprint density at radius 1 is 1.15 bits per heavy atom. The molecule has 0 bridgehead atoms. The van der Waals surface area contributed by atoms with E-state index >= 15 is 0 Å². The van der Waals surface area contributed by atoms with Crippen LogP contribution in [0, 0.1) is 5.82 Å². The van der Waals surface area contributed by atoms with Crippen molar-refractivity contribution in [2.75, 3.05) is 0 Å². The minimum Gasteiger partial charge on any atom is -0.271 e. The maximum atomic E-state index is 14.1. The third-order valence-corrected chi connectivity index (χ3v) is 4.48. The molecule has 1 heterocycles. The SMILES string of the molecule is NNC(c1ccc(Cl)cc1F)c1csc2ccccc12. The molecule has 1 atom stereocenters. The highest BCUT2D eigenvalue weighted by Gasteiger charge is 2.19. The molecule has 0 aliphatic rings. The highest BCUT2D eigenvalue weighted by Crippen LogP contribution is 2.34. The average molecular weight is 307 g/mol. The first-order valence-electron chi connectivity index (χ1n) is 6.08. The van der Waals surface area contributed by atoms with Gasteiger partial charge in [0.05, 0.1) is 6.04 Å². The summed E-state index contributed by atoms with van der Waals surface area (Å²) in [4.78, 5) is 0. The number of benzene rings is 2. The predicted molar refractivity (Wildman–Crippen MR) is 82.4 cm³/mol. The van der Waals surface area contributed by atoms with Gasteiger partial charge < -0.3 is 0 Å². The normalized spacial score (nSPS) is 12.8. The van der Waals surface area contributed by atoms with Crippen LogP contribution in [0.15, 0.2) is 47.8 Å². The maximum Gasteiger partial charge on any atom is 0.129 e. The van der Waals surface area contributed by atoms with Crippen molar-refractivity contribution in [2.45, 2.75) is 6.04 Å². The minimum absolute atomic E-state index is 0.365. The van der Waals surface area contributed by atoms with Crippen LogP contribution >= 0.6 is 22.9 Å². The summed E-state index contributed by atoms with van der Waals surface area (Å²) in [6, 6.07) is 12.2. The maximum absolute atomic E-state index is 14.1. The van der Waals surface area contributed by atoms with Gasteiger partial charge in [-0.2, -0.15) is 0 Å². The van der Waals surface area contributed by atoms with Crippen molar-refractivity contribution in [3.63, 3.8) is 0 Å². The zero-order chi connectivity index (χ0) is 14.1. The van der Waals surface area contributed by atoms with Gasteiger partial charge in [0.15, 0.2) is 0 Å². The van der Waals surface area contributed by atoms with Gasteiger partial charge in [-0.05, 0) is 34.5 Å². The quantitative estimate of drug-likeness (QED) is 0.561. The summed E-state index contributed by atoms with van der Waals surface area (Å²) in [5.41, 5.74) is 4.15. The van der Waals surface area contributed by atoms with Crippen LogP contribution in [-0.2, 0) is 0 Å². The molecule has 3 rings (SSSR count). The number of nitrogens with two attached hydrogens (primary N) is 1. The Hall–Kier alpha value is -1.46. The highest BCUT2D eigenvalue weighted by atomic mass is 35.5. The summed E-state index contributed by atoms with van der Waals surface area (Å²) in [6.45, 7) is 0. The van der Waals surface area contributed by atoms with Crippen LogP contribution in [0.4, 0.5) is 4.39 Å². The van der Waals surface area contributed by atoms with Gasteiger partial charge in [-0.1, -0.05) is 35.9 Å². The van der Waals surface area contributed by atoms with E-state index in [4.69, 9.17) is 17.4 Å². The first-order valence-corrected chi connectivity index (χ1v) is 7.33. The summed E-state index contributed by atoms with van der Waals surface area (Å²) in [7, 11) is 0. The van der Waals surface area contributed by atoms with Crippen LogP contribution in [0.25, 0.3) is 10.1 Å². The summed E-state index contributed by atoms with van der Waals surface area (Å²) in [6.07, 6.45) is 0. The largest absolute Gasteiger partial charge is 0.271 e. The second-order valence-corrected chi connectivity index (χ2v) is 5.80. The average Bonchev–Trinajstić information content (AvgIpc) is 2.86. The van der Waals surface area contributed by atoms with Crippen molar-refractivity contribution in [3.8, 4) is 0 Å². The van der Waals surface area contributed by atoms with E-state index in [0.717, 1.165) is 15.6 Å². The molecule has 102 valence electrons. The number of hydrazine groups is 1. The van der Waals surface area contributed by atoms with E-state index in [1.54, 1.807) is 23.5 Å². The fourth-order valence-electron chi connectivity index (χ4n) is 2.30. The molecule has 2 nitrogen and oxygen atoms in total. The molecule has 5 heteroatoms. The monoisotopic (exact) mass is 306 g/mol. The lowest BCUT2D eigenvalue weighted by atomic mass is 9.98. The summed E-state index contributed by atoms with van der Waals surface area (Å²) < 4.78 is 15.3. The van der Waals surface area contributed by atoms with E-state index in [1.165, 1.54) is 6.07 Å². The Bertz CT molecular complexity index is 756. The molecule has 1 unspecified atom stereocenters. The number of halogens is 2. The Labute approximate surface area is 125 Å². The molecule has 3 N–H and O–H groups in total. The third-order valence-electron chi connectivity index (χ3n) is 3.26. The summed E-state index contributed by atoms with van der Waals surface area (Å²) >= 11 is 7.41. The van der Waals surface area contributed by atoms with Gasteiger partial charge in [-0.25, -0.2) is 9.82 Å². The molecule has 0 saturated heterocycles. The van der Waals surface area contributed by atoms with Crippen molar-refractivity contribution < 1.29 is 4.39 Å². The van der Waals surface area contributed by atoms with Crippen LogP contribution in [0.5, 0.6) is 0 Å². The van der Waals surface area contributed by atoms with E-state index in [9.17, 15) is 4.39 Å². The lowest BCUT2D eigenvalue weighted by Gasteiger charge is -2.17. The van der Waals surface area contributed by atoms with Gasteiger partial charge in [-0.15, -0.1) is 11.3 Å². The first kappa shape index (κ1) is 13.5. The molecule has 0 aliphatic heterocycles. The molecule has 0 fully saturated rings. The minimum atomic E-state index is -0.400. The van der Waals surface area contributed by atoms with Gasteiger partial charge in [-0.3, -0.25) is 5.84 Å². The molecule has 0 spiro atoms. The van der Waals surface area contributed by atoms with Crippen LogP contribution < -0.4 is 11.3 Å². The van der Waals surface area contributed by atoms with E-state index in [1.807, 2.05) is 29.6 Å². The first-order chi connectivity index (χ1) is 9.70. The number of fused-ring (bicyclic) bond motifs is 1. The standard InChI is InChI=1S/C15H12ClFN2S/c16-9-5-6-11(13(17)7-9)15(19-18)12-8-20-14-4-2-1-3-10(12)14/h1-8,15,19H,18H2. The molecular formula is C15H12ClFN2S. The predicted octanol–water partition coefficient (Wildman–Crippen LogP) is 4.25. The number of nitrogens with one attached hydrogen (secondary N) is 1. The van der Waals surface area contributed by atoms with Gasteiger partial charge in [0.2, 0.25) is 0 Å². The molecule has 20 heavy (non-hydrogen) atoms. The van der Waals surface area contributed by atoms with Gasteiger partial charge in [0.25, 0.3) is 0 Å². The fraction of sp³-hybridized carbons (Fsp3) is 0.0667. The summed E-state index contributed by atoms with van der Waals surface area (Å²) in [5.74, 6) is 5.28. The molecule has 3 aromatic rings. The topological polar surface area (TPSA) is 38.0 Å². The number of hydrogen-bond donors (Lipinski definition) is 2. The van der Waals surface area contributed by atoms with E-state index < -0.39 is 6.04 Å². The van der Waals surface area contributed by atoms with Crippen molar-refractivity contribution in [1.29, 1.82) is 0 Å². The van der Waals surface area contributed by atoms with Gasteiger partial charge in [0.1, 0.15) is 5.82 Å². The van der Waals surface area contributed by atoms with Gasteiger partial charge >= 0.3 is 0 Å². The number of thiophene rings is 1. The Morgan fingerprint density at radius 2 is 1.95 bits per heavy atom. The van der Waals surface area contributed by atoms with Crippen LogP contribution in [-0.4, -0.2) is 0 Å². The Balaban J connectivity index is 2.14.